The van der Waals surface area contributed by atoms with Crippen LogP contribution in [0.2, 0.25) is 17.3 Å². The van der Waals surface area contributed by atoms with Crippen LogP contribution in [0.15, 0.2) is 72.9 Å². The van der Waals surface area contributed by atoms with E-state index in [9.17, 15) is 0 Å². The molecule has 0 saturated heterocycles. The summed E-state index contributed by atoms with van der Waals surface area (Å²) in [7, 11) is 2.19. The predicted molar refractivity (Wildman–Crippen MR) is 145 cm³/mol. The molecule has 0 amide bonds. The molecule has 0 N–H and O–H groups in total. The van der Waals surface area contributed by atoms with Crippen molar-refractivity contribution >= 4 is 77.4 Å². The van der Waals surface area contributed by atoms with Gasteiger partial charge in [0, 0.05) is 0 Å². The Morgan fingerprint density at radius 1 is 0.727 bits per heavy atom. The van der Waals surface area contributed by atoms with Gasteiger partial charge < -0.3 is 0 Å². The number of para-hydroxylation sites is 1. The average Bonchev–Trinajstić information content (AvgIpc) is 3.13. The summed E-state index contributed by atoms with van der Waals surface area (Å²) in [4.78, 5) is 0. The zero-order chi connectivity index (χ0) is 22.6. The van der Waals surface area contributed by atoms with Gasteiger partial charge in [0.15, 0.2) is 0 Å². The van der Waals surface area contributed by atoms with Crippen molar-refractivity contribution in [1.82, 2.24) is 4.40 Å². The summed E-state index contributed by atoms with van der Waals surface area (Å²) in [6.45, 7) is 2.25. The van der Waals surface area contributed by atoms with Crippen molar-refractivity contribution in [3.8, 4) is 0 Å². The van der Waals surface area contributed by atoms with Crippen LogP contribution in [0, 0.1) is 6.92 Å². The Morgan fingerprint density at radius 2 is 1.52 bits per heavy atom. The Hall–Kier alpha value is -3.11. The molecule has 0 aliphatic carbocycles. The first-order chi connectivity index (χ1) is 15.8. The van der Waals surface area contributed by atoms with Gasteiger partial charge in [-0.05, 0) is 0 Å². The molecule has 2 nitrogen and oxygen atoms in total. The fourth-order valence-electron chi connectivity index (χ4n) is 5.93. The van der Waals surface area contributed by atoms with E-state index in [0.29, 0.717) is 0 Å². The molecule has 0 bridgehead atoms. The van der Waals surface area contributed by atoms with Gasteiger partial charge in [-0.25, -0.2) is 0 Å². The van der Waals surface area contributed by atoms with Gasteiger partial charge >= 0.3 is 196 Å². The minimum atomic E-state index is -1.94. The third-order valence-electron chi connectivity index (χ3n) is 7.60. The van der Waals surface area contributed by atoms with Crippen LogP contribution >= 0.6 is 0 Å². The van der Waals surface area contributed by atoms with Crippen LogP contribution in [0.25, 0.3) is 59.8 Å². The topological polar surface area (TPSA) is 8.29 Å². The van der Waals surface area contributed by atoms with Gasteiger partial charge in [0.25, 0.3) is 0 Å². The fourth-order valence-corrected chi connectivity index (χ4v) is 8.39. The molecule has 33 heavy (non-hydrogen) atoms. The molecule has 0 saturated carbocycles. The first kappa shape index (κ1) is 19.4. The number of aromatic nitrogens is 2. The third kappa shape index (κ3) is 2.42. The first-order valence-electron chi connectivity index (χ1n) is 11.8. The van der Waals surface area contributed by atoms with Gasteiger partial charge in [-0.15, -0.1) is 0 Å². The monoisotopic (exact) mass is 489 g/mol. The maximum atomic E-state index is 2.53. The summed E-state index contributed by atoms with van der Waals surface area (Å²) in [5.74, 6) is 7.44. The van der Waals surface area contributed by atoms with Crippen LogP contribution in [0.1, 0.15) is 5.56 Å². The molecule has 4 aromatic carbocycles. The molecule has 0 radical (unpaired) electrons. The summed E-state index contributed by atoms with van der Waals surface area (Å²) < 4.78 is 6.41. The average molecular weight is 488 g/mol. The van der Waals surface area contributed by atoms with Gasteiger partial charge in [0.1, 0.15) is 0 Å². The van der Waals surface area contributed by atoms with Crippen molar-refractivity contribution in [3.63, 3.8) is 0 Å². The Morgan fingerprint density at radius 3 is 2.33 bits per heavy atom. The standard InChI is InChI=1S/C30H27GeN2/c1-18-10-12-24-22-8-6-7-9-25(22)33-26-17-19-16-20(31(2,3)4)11-13-21(19)23-14-15-32(5)30(28(23)26)27(18)29(24)33/h6-17H,1-5H3/q+1. The van der Waals surface area contributed by atoms with Crippen molar-refractivity contribution in [2.75, 3.05) is 0 Å². The van der Waals surface area contributed by atoms with Crippen molar-refractivity contribution in [3.05, 3.63) is 78.5 Å². The number of rotatable bonds is 1. The van der Waals surface area contributed by atoms with Crippen molar-refractivity contribution < 1.29 is 4.57 Å². The van der Waals surface area contributed by atoms with Gasteiger partial charge in [-0.3, -0.25) is 0 Å². The van der Waals surface area contributed by atoms with E-state index in [4.69, 9.17) is 0 Å². The van der Waals surface area contributed by atoms with E-state index in [-0.39, 0.29) is 0 Å². The zero-order valence-corrected chi connectivity index (χ0v) is 21.9. The van der Waals surface area contributed by atoms with Gasteiger partial charge in [0.05, 0.1) is 0 Å². The molecule has 0 aliphatic heterocycles. The summed E-state index contributed by atoms with van der Waals surface area (Å²) in [6, 6.07) is 25.5. The molecule has 0 aliphatic rings. The third-order valence-corrected chi connectivity index (χ3v) is 11.9. The molecular formula is C30H27GeN2+. The number of benzene rings is 4. The second kappa shape index (κ2) is 6.27. The minimum absolute atomic E-state index is 1.29. The number of aryl methyl sites for hydroxylation is 2. The molecule has 0 fully saturated rings. The molecule has 3 heteroatoms. The maximum absolute atomic E-state index is 2.53. The van der Waals surface area contributed by atoms with Gasteiger partial charge in [0.2, 0.25) is 0 Å². The molecule has 0 spiro atoms. The fraction of sp³-hybridized carbons (Fsp3) is 0.167. The predicted octanol–water partition coefficient (Wildman–Crippen LogP) is 6.82. The van der Waals surface area contributed by atoms with Crippen molar-refractivity contribution in [2.45, 2.75) is 24.2 Å². The Bertz CT molecular complexity index is 1920. The van der Waals surface area contributed by atoms with E-state index in [2.05, 4.69) is 113 Å². The second-order valence-electron chi connectivity index (χ2n) is 10.7. The molecule has 0 atom stereocenters. The molecule has 0 unspecified atom stereocenters. The molecule has 7 rings (SSSR count). The number of hydrogen-bond donors (Lipinski definition) is 0. The van der Waals surface area contributed by atoms with Crippen LogP contribution in [0.3, 0.4) is 0 Å². The molecule has 7 aromatic rings. The van der Waals surface area contributed by atoms with Crippen molar-refractivity contribution in [2.24, 2.45) is 7.05 Å². The van der Waals surface area contributed by atoms with Gasteiger partial charge in [-0.2, -0.15) is 0 Å². The van der Waals surface area contributed by atoms with E-state index in [1.165, 1.54) is 65.3 Å². The van der Waals surface area contributed by atoms with Crippen LogP contribution in [-0.2, 0) is 7.05 Å². The zero-order valence-electron chi connectivity index (χ0n) is 19.8. The SMILES string of the molecule is Cc1ccc2c3ccccc3n3c4cc5c[c]([Ge]([CH3])([CH3])[CH3])ccc5c5cc[n+](C)c(c1c23)c54. The Balaban J connectivity index is 1.87. The van der Waals surface area contributed by atoms with Gasteiger partial charge in [-0.1, -0.05) is 0 Å². The Kier molecular flexibility index (Phi) is 3.68. The quantitative estimate of drug-likeness (QED) is 0.104. The van der Waals surface area contributed by atoms with E-state index in [1.807, 2.05) is 0 Å². The number of hydrogen-bond acceptors (Lipinski definition) is 0. The molecule has 3 heterocycles. The summed E-state index contributed by atoms with van der Waals surface area (Å²) >= 11 is -1.94. The van der Waals surface area contributed by atoms with Crippen LogP contribution in [0.5, 0.6) is 0 Å². The number of fused-ring (bicyclic) bond motifs is 7. The molecule has 160 valence electrons. The van der Waals surface area contributed by atoms with E-state index in [1.54, 1.807) is 4.40 Å². The number of nitrogens with zero attached hydrogens (tertiary/aromatic N) is 2. The Labute approximate surface area is 195 Å². The first-order valence-corrected chi connectivity index (χ1v) is 19.1. The number of pyridine rings is 2. The summed E-state index contributed by atoms with van der Waals surface area (Å²) in [6.07, 6.45) is 2.24. The summed E-state index contributed by atoms with van der Waals surface area (Å²) in [5, 5.41) is 9.46. The van der Waals surface area contributed by atoms with Crippen LogP contribution < -0.4 is 8.96 Å². The van der Waals surface area contributed by atoms with E-state index in [0.717, 1.165) is 0 Å². The van der Waals surface area contributed by atoms with Crippen LogP contribution in [0.4, 0.5) is 0 Å². The normalized spacial score (nSPS) is 13.0. The van der Waals surface area contributed by atoms with E-state index >= 15 is 0 Å². The second-order valence-corrected chi connectivity index (χ2v) is 21.3. The summed E-state index contributed by atoms with van der Waals surface area (Å²) in [5.41, 5.74) is 6.61. The van der Waals surface area contributed by atoms with Crippen LogP contribution in [-0.4, -0.2) is 17.7 Å². The van der Waals surface area contributed by atoms with Crippen molar-refractivity contribution in [1.29, 1.82) is 0 Å². The molecule has 3 aromatic heterocycles. The van der Waals surface area contributed by atoms with E-state index < -0.39 is 13.3 Å². The molecular weight excluding hydrogens is 461 g/mol.